The van der Waals surface area contributed by atoms with Crippen LogP contribution in [0.2, 0.25) is 0 Å². The summed E-state index contributed by atoms with van der Waals surface area (Å²) in [6.45, 7) is 9.38. The molecule has 0 unspecified atom stereocenters. The molecule has 106 valence electrons. The second-order valence-corrected chi connectivity index (χ2v) is 4.84. The third kappa shape index (κ3) is 4.59. The summed E-state index contributed by atoms with van der Waals surface area (Å²) in [6.07, 6.45) is 3.38. The van der Waals surface area contributed by atoms with E-state index in [4.69, 9.17) is 11.6 Å². The second-order valence-electron chi connectivity index (χ2n) is 4.36. The van der Waals surface area contributed by atoms with Crippen LogP contribution >= 0.6 is 11.6 Å². The van der Waals surface area contributed by atoms with Crippen molar-refractivity contribution in [3.63, 3.8) is 0 Å². The highest BCUT2D eigenvalue weighted by Gasteiger charge is 2.12. The molecule has 0 aromatic heterocycles. The van der Waals surface area contributed by atoms with Crippen molar-refractivity contribution in [2.45, 2.75) is 6.92 Å². The summed E-state index contributed by atoms with van der Waals surface area (Å²) in [5, 5.41) is 9.90. The Kier molecular flexibility index (Phi) is 6.39. The van der Waals surface area contributed by atoms with Crippen molar-refractivity contribution >= 4 is 17.3 Å². The molecule has 0 bridgehead atoms. The van der Waals surface area contributed by atoms with Crippen molar-refractivity contribution < 1.29 is 0 Å². The SMILES string of the molecule is C=C(Cl)/C=C\C(=C)/C(C)=C(\C#N)C(=NC)c1ccccc1. The first-order chi connectivity index (χ1) is 10.0. The van der Waals surface area contributed by atoms with Gasteiger partial charge in [-0.15, -0.1) is 0 Å². The second kappa shape index (κ2) is 8.04. The van der Waals surface area contributed by atoms with Crippen LogP contribution in [0.3, 0.4) is 0 Å². The first kappa shape index (κ1) is 16.7. The highest BCUT2D eigenvalue weighted by atomic mass is 35.5. The van der Waals surface area contributed by atoms with Crippen LogP contribution in [0.5, 0.6) is 0 Å². The van der Waals surface area contributed by atoms with Gasteiger partial charge in [-0.1, -0.05) is 61.2 Å². The quantitative estimate of drug-likeness (QED) is 0.436. The molecular weight excluding hydrogens is 280 g/mol. The topological polar surface area (TPSA) is 36.1 Å². The molecule has 1 aromatic rings. The molecule has 0 aliphatic carbocycles. The maximum Gasteiger partial charge on any atom is 0.102 e. The largest absolute Gasteiger partial charge is 0.287 e. The van der Waals surface area contributed by atoms with E-state index in [2.05, 4.69) is 24.2 Å². The molecule has 0 saturated carbocycles. The standard InChI is InChI=1S/C18H17ClN2/c1-13(10-11-14(2)19)15(3)17(12-20)18(21-4)16-8-6-5-7-9-16/h5-11H,1-2H2,3-4H3/b11-10-,17-15+,21-18?. The summed E-state index contributed by atoms with van der Waals surface area (Å²) < 4.78 is 0. The van der Waals surface area contributed by atoms with Gasteiger partial charge in [0.2, 0.25) is 0 Å². The van der Waals surface area contributed by atoms with Gasteiger partial charge in [0.1, 0.15) is 6.07 Å². The fraction of sp³-hybridized carbons (Fsp3) is 0.111. The Morgan fingerprint density at radius 2 is 1.86 bits per heavy atom. The minimum absolute atomic E-state index is 0.412. The van der Waals surface area contributed by atoms with Gasteiger partial charge in [-0.05, 0) is 24.1 Å². The molecule has 21 heavy (non-hydrogen) atoms. The van der Waals surface area contributed by atoms with Gasteiger partial charge in [0.25, 0.3) is 0 Å². The number of nitriles is 1. The zero-order valence-corrected chi connectivity index (χ0v) is 13.0. The first-order valence-corrected chi connectivity index (χ1v) is 6.74. The van der Waals surface area contributed by atoms with Crippen LogP contribution < -0.4 is 0 Å². The molecule has 0 radical (unpaired) electrons. The van der Waals surface area contributed by atoms with E-state index in [1.54, 1.807) is 19.2 Å². The molecule has 1 rings (SSSR count). The fourth-order valence-electron chi connectivity index (χ4n) is 1.77. The molecule has 0 heterocycles. The first-order valence-electron chi connectivity index (χ1n) is 6.36. The molecule has 0 fully saturated rings. The van der Waals surface area contributed by atoms with Gasteiger partial charge in [0.15, 0.2) is 0 Å². The van der Waals surface area contributed by atoms with Gasteiger partial charge in [0, 0.05) is 17.6 Å². The van der Waals surface area contributed by atoms with E-state index in [0.717, 1.165) is 11.1 Å². The van der Waals surface area contributed by atoms with Crippen molar-refractivity contribution in [2.75, 3.05) is 7.05 Å². The van der Waals surface area contributed by atoms with Crippen LogP contribution in [-0.4, -0.2) is 12.8 Å². The minimum Gasteiger partial charge on any atom is -0.287 e. The summed E-state index contributed by atoms with van der Waals surface area (Å²) in [4.78, 5) is 4.26. The maximum absolute atomic E-state index is 9.49. The van der Waals surface area contributed by atoms with E-state index in [0.29, 0.717) is 21.9 Å². The molecule has 0 aliphatic rings. The van der Waals surface area contributed by atoms with Gasteiger partial charge in [0.05, 0.1) is 11.3 Å². The number of halogens is 1. The third-order valence-electron chi connectivity index (χ3n) is 2.94. The lowest BCUT2D eigenvalue weighted by Gasteiger charge is -2.09. The van der Waals surface area contributed by atoms with Crippen LogP contribution in [0.25, 0.3) is 0 Å². The van der Waals surface area contributed by atoms with Gasteiger partial charge in [-0.2, -0.15) is 5.26 Å². The summed E-state index contributed by atoms with van der Waals surface area (Å²) in [5.41, 5.74) is 3.50. The molecule has 1 aromatic carbocycles. The number of allylic oxidation sites excluding steroid dienone is 6. The molecule has 0 spiro atoms. The Labute approximate surface area is 131 Å². The van der Waals surface area contributed by atoms with Crippen molar-refractivity contribution in [3.8, 4) is 6.07 Å². The number of nitrogens with zero attached hydrogens (tertiary/aromatic N) is 2. The van der Waals surface area contributed by atoms with E-state index in [-0.39, 0.29) is 0 Å². The Hall–Kier alpha value is -2.37. The Morgan fingerprint density at radius 3 is 2.33 bits per heavy atom. The van der Waals surface area contributed by atoms with Crippen molar-refractivity contribution in [3.05, 3.63) is 83.0 Å². The average molecular weight is 297 g/mol. The number of hydrogen-bond acceptors (Lipinski definition) is 2. The number of benzene rings is 1. The highest BCUT2D eigenvalue weighted by Crippen LogP contribution is 2.19. The van der Waals surface area contributed by atoms with Gasteiger partial charge >= 0.3 is 0 Å². The molecule has 2 nitrogen and oxygen atoms in total. The van der Waals surface area contributed by atoms with Crippen molar-refractivity contribution in [1.82, 2.24) is 0 Å². The Balaban J connectivity index is 3.28. The van der Waals surface area contributed by atoms with Crippen molar-refractivity contribution in [1.29, 1.82) is 5.26 Å². The minimum atomic E-state index is 0.412. The number of hydrogen-bond donors (Lipinski definition) is 0. The lowest BCUT2D eigenvalue weighted by atomic mass is 9.95. The summed E-state index contributed by atoms with van der Waals surface area (Å²) in [5.74, 6) is 0. The summed E-state index contributed by atoms with van der Waals surface area (Å²) in [6, 6.07) is 11.8. The van der Waals surface area contributed by atoms with Crippen molar-refractivity contribution in [2.24, 2.45) is 4.99 Å². The molecule has 0 amide bonds. The molecular formula is C18H17ClN2. The van der Waals surface area contributed by atoms with Gasteiger partial charge < -0.3 is 0 Å². The summed E-state index contributed by atoms with van der Waals surface area (Å²) in [7, 11) is 1.67. The zero-order chi connectivity index (χ0) is 15.8. The van der Waals surface area contributed by atoms with E-state index in [9.17, 15) is 5.26 Å². The van der Waals surface area contributed by atoms with Gasteiger partial charge in [-0.3, -0.25) is 4.99 Å². The Bertz CT molecular complexity index is 671. The normalized spacial score (nSPS) is 12.8. The highest BCUT2D eigenvalue weighted by molar-refractivity contribution is 6.30. The number of rotatable bonds is 5. The summed E-state index contributed by atoms with van der Waals surface area (Å²) >= 11 is 5.70. The van der Waals surface area contributed by atoms with Crippen LogP contribution in [0.15, 0.2) is 82.4 Å². The molecule has 0 saturated heterocycles. The third-order valence-corrected chi connectivity index (χ3v) is 3.07. The van der Waals surface area contributed by atoms with Crippen LogP contribution in [-0.2, 0) is 0 Å². The number of aliphatic imine (C=N–C) groups is 1. The Morgan fingerprint density at radius 1 is 1.24 bits per heavy atom. The average Bonchev–Trinajstić information content (AvgIpc) is 2.50. The monoisotopic (exact) mass is 296 g/mol. The smallest absolute Gasteiger partial charge is 0.102 e. The van der Waals surface area contributed by atoms with Crippen LogP contribution in [0, 0.1) is 11.3 Å². The van der Waals surface area contributed by atoms with E-state index in [1.165, 1.54) is 0 Å². The predicted molar refractivity (Wildman–Crippen MR) is 90.5 cm³/mol. The molecule has 3 heteroatoms. The molecule has 0 aliphatic heterocycles. The van der Waals surface area contributed by atoms with E-state index in [1.807, 2.05) is 37.3 Å². The predicted octanol–water partition coefficient (Wildman–Crippen LogP) is 4.81. The fourth-order valence-corrected chi connectivity index (χ4v) is 1.84. The van der Waals surface area contributed by atoms with Crippen LogP contribution in [0.4, 0.5) is 0 Å². The lowest BCUT2D eigenvalue weighted by Crippen LogP contribution is -2.06. The van der Waals surface area contributed by atoms with E-state index >= 15 is 0 Å². The van der Waals surface area contributed by atoms with Gasteiger partial charge in [-0.25, -0.2) is 0 Å². The zero-order valence-electron chi connectivity index (χ0n) is 12.2. The van der Waals surface area contributed by atoms with E-state index < -0.39 is 0 Å². The maximum atomic E-state index is 9.49. The molecule has 0 N–H and O–H groups in total. The van der Waals surface area contributed by atoms with Crippen LogP contribution in [0.1, 0.15) is 12.5 Å². The lowest BCUT2D eigenvalue weighted by molar-refractivity contribution is 1.35. The molecule has 0 atom stereocenters.